The van der Waals surface area contributed by atoms with Crippen molar-refractivity contribution in [3.8, 4) is 5.75 Å². The molecule has 2 nitrogen and oxygen atoms in total. The van der Waals surface area contributed by atoms with E-state index in [1.165, 1.54) is 5.56 Å². The van der Waals surface area contributed by atoms with Gasteiger partial charge in [-0.3, -0.25) is 0 Å². The highest BCUT2D eigenvalue weighted by Crippen LogP contribution is 2.29. The highest BCUT2D eigenvalue weighted by Gasteiger charge is 2.26. The molecule has 0 heterocycles. The predicted molar refractivity (Wildman–Crippen MR) is 86.5 cm³/mol. The maximum Gasteiger partial charge on any atom is 0.206 e. The van der Waals surface area contributed by atoms with Crippen molar-refractivity contribution in [2.24, 2.45) is 0 Å². The average Bonchev–Trinajstić information content (AvgIpc) is 2.66. The first-order chi connectivity index (χ1) is 12.4. The summed E-state index contributed by atoms with van der Waals surface area (Å²) in [6.07, 6.45) is 1.03. The number of halogens is 5. The fourth-order valence-corrected chi connectivity index (χ4v) is 2.28. The molecule has 1 atom stereocenters. The molecule has 0 bridgehead atoms. The van der Waals surface area contributed by atoms with Crippen LogP contribution in [0, 0.1) is 29.1 Å². The van der Waals surface area contributed by atoms with Crippen LogP contribution in [0.25, 0.3) is 0 Å². The van der Waals surface area contributed by atoms with Gasteiger partial charge >= 0.3 is 0 Å². The van der Waals surface area contributed by atoms with Gasteiger partial charge in [0.15, 0.2) is 5.75 Å². The van der Waals surface area contributed by atoms with Crippen LogP contribution in [0.15, 0.2) is 24.3 Å². The summed E-state index contributed by atoms with van der Waals surface area (Å²) in [6, 6.07) is 7.81. The van der Waals surface area contributed by atoms with E-state index in [0.717, 1.165) is 12.0 Å². The van der Waals surface area contributed by atoms with Gasteiger partial charge in [-0.1, -0.05) is 38.1 Å². The molecule has 0 spiro atoms. The smallest absolute Gasteiger partial charge is 0.206 e. The van der Waals surface area contributed by atoms with Crippen molar-refractivity contribution in [1.82, 2.24) is 0 Å². The summed E-state index contributed by atoms with van der Waals surface area (Å²) in [5.41, 5.74) is 2.11. The van der Waals surface area contributed by atoms with Crippen molar-refractivity contribution in [1.29, 1.82) is 0 Å². The summed E-state index contributed by atoms with van der Waals surface area (Å²) in [5.74, 6) is -11.1. The van der Waals surface area contributed by atoms with Crippen molar-refractivity contribution >= 4 is 0 Å². The Kier molecular flexibility index (Phi) is 6.97. The van der Waals surface area contributed by atoms with E-state index >= 15 is 0 Å². The van der Waals surface area contributed by atoms with Gasteiger partial charge in [-0.2, -0.15) is 8.78 Å². The monoisotopic (exact) mass is 374 g/mol. The zero-order valence-electron chi connectivity index (χ0n) is 14.4. The van der Waals surface area contributed by atoms with Crippen LogP contribution in [0.3, 0.4) is 0 Å². The molecule has 26 heavy (non-hydrogen) atoms. The Bertz CT molecular complexity index is 718. The molecule has 0 aliphatic rings. The summed E-state index contributed by atoms with van der Waals surface area (Å²) in [5, 5.41) is 0. The highest BCUT2D eigenvalue weighted by atomic mass is 19.2. The lowest BCUT2D eigenvalue weighted by molar-refractivity contribution is 0.0852. The lowest BCUT2D eigenvalue weighted by Crippen LogP contribution is -2.11. The first-order valence-electron chi connectivity index (χ1n) is 8.17. The molecule has 0 fully saturated rings. The number of rotatable bonds is 8. The van der Waals surface area contributed by atoms with Crippen molar-refractivity contribution < 1.29 is 31.4 Å². The highest BCUT2D eigenvalue weighted by molar-refractivity contribution is 5.29. The quantitative estimate of drug-likeness (QED) is 0.263. The molecule has 2 rings (SSSR count). The topological polar surface area (TPSA) is 18.5 Å². The molecule has 0 aliphatic carbocycles. The molecule has 0 radical (unpaired) electrons. The average molecular weight is 374 g/mol. The fraction of sp³-hybridized carbons (Fsp3) is 0.368. The number of hydrogen-bond acceptors (Lipinski definition) is 2. The Hall–Kier alpha value is -2.15. The lowest BCUT2D eigenvalue weighted by Gasteiger charge is -2.11. The van der Waals surface area contributed by atoms with Crippen LogP contribution in [-0.2, 0) is 11.3 Å². The minimum Gasteiger partial charge on any atom is -0.485 e. The van der Waals surface area contributed by atoms with E-state index in [0.29, 0.717) is 5.92 Å². The van der Waals surface area contributed by atoms with Gasteiger partial charge in [-0.25, -0.2) is 13.2 Å². The van der Waals surface area contributed by atoms with E-state index in [9.17, 15) is 22.0 Å². The summed E-state index contributed by atoms with van der Waals surface area (Å²) >= 11 is 0. The van der Waals surface area contributed by atoms with Crippen LogP contribution in [0.4, 0.5) is 22.0 Å². The molecule has 2 aromatic rings. The van der Waals surface area contributed by atoms with E-state index < -0.39 is 34.8 Å². The number of ether oxygens (including phenoxy) is 2. The zero-order chi connectivity index (χ0) is 19.3. The van der Waals surface area contributed by atoms with Crippen molar-refractivity contribution in [3.63, 3.8) is 0 Å². The lowest BCUT2D eigenvalue weighted by atomic mass is 9.98. The Labute approximate surface area is 148 Å². The summed E-state index contributed by atoms with van der Waals surface area (Å²) < 4.78 is 75.8. The Morgan fingerprint density at radius 1 is 0.808 bits per heavy atom. The van der Waals surface area contributed by atoms with E-state index in [4.69, 9.17) is 4.74 Å². The molecule has 7 heteroatoms. The van der Waals surface area contributed by atoms with Crippen LogP contribution >= 0.6 is 0 Å². The van der Waals surface area contributed by atoms with Crippen LogP contribution in [0.5, 0.6) is 5.75 Å². The number of benzene rings is 2. The molecule has 0 amide bonds. The SMILES string of the molecule is CCC(C)c1ccc(COCCOc2c(F)c(F)c(F)c(F)c2F)cc1. The van der Waals surface area contributed by atoms with Gasteiger partial charge in [0.25, 0.3) is 0 Å². The van der Waals surface area contributed by atoms with Gasteiger partial charge in [0.1, 0.15) is 6.61 Å². The van der Waals surface area contributed by atoms with E-state index in [1.54, 1.807) is 0 Å². The maximum atomic E-state index is 13.4. The maximum absolute atomic E-state index is 13.4. The van der Waals surface area contributed by atoms with E-state index in [2.05, 4.69) is 18.6 Å². The summed E-state index contributed by atoms with van der Waals surface area (Å²) in [6.45, 7) is 4.03. The van der Waals surface area contributed by atoms with Gasteiger partial charge in [-0.05, 0) is 23.5 Å². The summed E-state index contributed by atoms with van der Waals surface area (Å²) in [4.78, 5) is 0. The molecule has 142 valence electrons. The second-order valence-corrected chi connectivity index (χ2v) is 5.85. The third kappa shape index (κ3) is 4.52. The molecular weight excluding hydrogens is 355 g/mol. The third-order valence-corrected chi connectivity index (χ3v) is 4.07. The van der Waals surface area contributed by atoms with Gasteiger partial charge in [-0.15, -0.1) is 0 Å². The minimum absolute atomic E-state index is 0.0768. The van der Waals surface area contributed by atoms with Crippen molar-refractivity contribution in [2.45, 2.75) is 32.8 Å². The standard InChI is InChI=1S/C19H19F5O2/c1-3-11(2)13-6-4-12(5-7-13)10-25-8-9-26-19-17(23)15(21)14(20)16(22)18(19)24/h4-7,11H,3,8-10H2,1-2H3. The minimum atomic E-state index is -2.22. The summed E-state index contributed by atoms with van der Waals surface area (Å²) in [7, 11) is 0. The molecule has 0 saturated heterocycles. The first kappa shape index (κ1) is 20.2. The Morgan fingerprint density at radius 2 is 1.35 bits per heavy atom. The third-order valence-electron chi connectivity index (χ3n) is 4.07. The fourth-order valence-electron chi connectivity index (χ4n) is 2.28. The van der Waals surface area contributed by atoms with Crippen LogP contribution in [0.2, 0.25) is 0 Å². The van der Waals surface area contributed by atoms with Crippen LogP contribution in [0.1, 0.15) is 37.3 Å². The molecule has 0 N–H and O–H groups in total. The van der Waals surface area contributed by atoms with Crippen molar-refractivity contribution in [2.75, 3.05) is 13.2 Å². The van der Waals surface area contributed by atoms with Gasteiger partial charge in [0, 0.05) is 0 Å². The molecule has 0 saturated carbocycles. The van der Waals surface area contributed by atoms with Crippen molar-refractivity contribution in [3.05, 3.63) is 64.5 Å². The first-order valence-corrected chi connectivity index (χ1v) is 8.17. The Morgan fingerprint density at radius 3 is 1.88 bits per heavy atom. The molecule has 0 aromatic heterocycles. The zero-order valence-corrected chi connectivity index (χ0v) is 14.4. The van der Waals surface area contributed by atoms with E-state index in [1.807, 2.05) is 24.3 Å². The molecule has 2 aromatic carbocycles. The Balaban J connectivity index is 1.85. The van der Waals surface area contributed by atoms with Crippen LogP contribution < -0.4 is 4.74 Å². The molecular formula is C19H19F5O2. The predicted octanol–water partition coefficient (Wildman–Crippen LogP) is 5.49. The normalized spacial score (nSPS) is 12.3. The van der Waals surface area contributed by atoms with Crippen LogP contribution in [-0.4, -0.2) is 13.2 Å². The van der Waals surface area contributed by atoms with E-state index in [-0.39, 0.29) is 19.8 Å². The molecule has 1 unspecified atom stereocenters. The van der Waals surface area contributed by atoms with Gasteiger partial charge in [0.05, 0.1) is 13.2 Å². The van der Waals surface area contributed by atoms with Gasteiger partial charge in [0.2, 0.25) is 29.1 Å². The number of hydrogen-bond donors (Lipinski definition) is 0. The van der Waals surface area contributed by atoms with Gasteiger partial charge < -0.3 is 9.47 Å². The largest absolute Gasteiger partial charge is 0.485 e. The second-order valence-electron chi connectivity index (χ2n) is 5.85. The second kappa shape index (κ2) is 8.98. The molecule has 0 aliphatic heterocycles.